The Morgan fingerprint density at radius 3 is 2.42 bits per heavy atom. The third kappa shape index (κ3) is 3.16. The van der Waals surface area contributed by atoms with Crippen LogP contribution in [-0.2, 0) is 0 Å². The molecule has 1 aliphatic rings. The summed E-state index contributed by atoms with van der Waals surface area (Å²) in [5.41, 5.74) is 6.48. The molecule has 1 fully saturated rings. The molecule has 0 radical (unpaired) electrons. The van der Waals surface area contributed by atoms with Crippen LogP contribution in [0, 0.1) is 23.0 Å². The molecular weight excluding hydrogens is 312 g/mol. The predicted molar refractivity (Wildman–Crippen MR) is 76.7 cm³/mol. The Kier molecular flexibility index (Phi) is 4.31. The molecule has 1 saturated carbocycles. The molecule has 0 bridgehead atoms. The molecule has 2 N–H and O–H groups in total. The van der Waals surface area contributed by atoms with E-state index in [1.165, 1.54) is 12.1 Å². The molecule has 0 spiro atoms. The van der Waals surface area contributed by atoms with Gasteiger partial charge in [0.15, 0.2) is 0 Å². The summed E-state index contributed by atoms with van der Waals surface area (Å²) >= 11 is 3.09. The van der Waals surface area contributed by atoms with Gasteiger partial charge in [0, 0.05) is 11.6 Å². The summed E-state index contributed by atoms with van der Waals surface area (Å²) in [6.07, 6.45) is 3.98. The molecule has 1 atom stereocenters. The van der Waals surface area contributed by atoms with E-state index in [-0.39, 0.29) is 16.0 Å². The van der Waals surface area contributed by atoms with Crippen LogP contribution in [0.3, 0.4) is 0 Å². The highest BCUT2D eigenvalue weighted by molar-refractivity contribution is 9.10. The van der Waals surface area contributed by atoms with E-state index in [0.29, 0.717) is 5.41 Å². The molecule has 106 valence electrons. The quantitative estimate of drug-likeness (QED) is 0.763. The first-order chi connectivity index (χ1) is 8.82. The maximum Gasteiger partial charge on any atom is 0.145 e. The number of rotatable bonds is 2. The van der Waals surface area contributed by atoms with Gasteiger partial charge >= 0.3 is 0 Å². The highest BCUT2D eigenvalue weighted by Crippen LogP contribution is 2.43. The molecule has 0 heterocycles. The van der Waals surface area contributed by atoms with E-state index in [9.17, 15) is 8.78 Å². The molecule has 1 unspecified atom stereocenters. The molecule has 1 aliphatic carbocycles. The van der Waals surface area contributed by atoms with Crippen molar-refractivity contribution in [1.29, 1.82) is 0 Å². The third-order valence-corrected chi connectivity index (χ3v) is 4.92. The highest BCUT2D eigenvalue weighted by atomic mass is 79.9. The standard InChI is InChI=1S/C15H20BrF2N/c1-15(2)7-5-9(6-8-15)14(19)12-11(17)4-3-10(16)13(12)18/h3-4,9,14H,5-8,19H2,1-2H3. The molecule has 19 heavy (non-hydrogen) atoms. The molecule has 0 saturated heterocycles. The van der Waals surface area contributed by atoms with Crippen LogP contribution in [0.25, 0.3) is 0 Å². The summed E-state index contributed by atoms with van der Waals surface area (Å²) < 4.78 is 28.2. The minimum Gasteiger partial charge on any atom is -0.324 e. The Balaban J connectivity index is 2.21. The van der Waals surface area contributed by atoms with Crippen LogP contribution in [0.5, 0.6) is 0 Å². The third-order valence-electron chi connectivity index (χ3n) is 4.30. The Bertz CT molecular complexity index is 463. The fourth-order valence-corrected chi connectivity index (χ4v) is 3.21. The Labute approximate surface area is 121 Å². The Morgan fingerprint density at radius 1 is 1.26 bits per heavy atom. The van der Waals surface area contributed by atoms with Gasteiger partial charge in [-0.2, -0.15) is 0 Å². The van der Waals surface area contributed by atoms with Crippen molar-refractivity contribution < 1.29 is 8.78 Å². The lowest BCUT2D eigenvalue weighted by atomic mass is 9.70. The number of halogens is 3. The second-order valence-electron chi connectivity index (χ2n) is 6.28. The minimum atomic E-state index is -0.561. The summed E-state index contributed by atoms with van der Waals surface area (Å²) in [5, 5.41) is 0. The molecule has 2 rings (SSSR count). The first-order valence-electron chi connectivity index (χ1n) is 6.71. The van der Waals surface area contributed by atoms with E-state index in [1.54, 1.807) is 0 Å². The van der Waals surface area contributed by atoms with Crippen molar-refractivity contribution in [3.8, 4) is 0 Å². The van der Waals surface area contributed by atoms with Gasteiger partial charge < -0.3 is 5.73 Å². The normalized spacial score (nSPS) is 21.4. The van der Waals surface area contributed by atoms with Gasteiger partial charge in [0.05, 0.1) is 4.47 Å². The van der Waals surface area contributed by atoms with E-state index in [0.717, 1.165) is 25.7 Å². The van der Waals surface area contributed by atoms with Crippen molar-refractivity contribution in [1.82, 2.24) is 0 Å². The molecular formula is C15H20BrF2N. The average molecular weight is 332 g/mol. The van der Waals surface area contributed by atoms with E-state index in [2.05, 4.69) is 29.8 Å². The van der Waals surface area contributed by atoms with Crippen LogP contribution < -0.4 is 5.73 Å². The van der Waals surface area contributed by atoms with Crippen LogP contribution >= 0.6 is 15.9 Å². The van der Waals surface area contributed by atoms with Crippen molar-refractivity contribution in [2.24, 2.45) is 17.1 Å². The van der Waals surface area contributed by atoms with Gasteiger partial charge in [-0.3, -0.25) is 0 Å². The maximum absolute atomic E-state index is 14.1. The predicted octanol–water partition coefficient (Wildman–Crippen LogP) is 4.94. The van der Waals surface area contributed by atoms with Gasteiger partial charge in [-0.15, -0.1) is 0 Å². The Hall–Kier alpha value is -0.480. The molecule has 0 amide bonds. The zero-order valence-electron chi connectivity index (χ0n) is 11.3. The van der Waals surface area contributed by atoms with E-state index in [1.807, 2.05) is 0 Å². The van der Waals surface area contributed by atoms with Crippen LogP contribution in [0.2, 0.25) is 0 Å². The summed E-state index contributed by atoms with van der Waals surface area (Å²) in [7, 11) is 0. The van der Waals surface area contributed by atoms with Crippen molar-refractivity contribution in [3.05, 3.63) is 33.8 Å². The zero-order chi connectivity index (χ0) is 14.2. The summed E-state index contributed by atoms with van der Waals surface area (Å²) in [6, 6.07) is 2.09. The van der Waals surface area contributed by atoms with Gasteiger partial charge in [0.1, 0.15) is 11.6 Å². The molecule has 1 aromatic carbocycles. The smallest absolute Gasteiger partial charge is 0.145 e. The lowest BCUT2D eigenvalue weighted by molar-refractivity contribution is 0.171. The van der Waals surface area contributed by atoms with E-state index >= 15 is 0 Å². The molecule has 4 heteroatoms. The van der Waals surface area contributed by atoms with Gasteiger partial charge in [0.25, 0.3) is 0 Å². The maximum atomic E-state index is 14.1. The first-order valence-corrected chi connectivity index (χ1v) is 7.50. The monoisotopic (exact) mass is 331 g/mol. The Morgan fingerprint density at radius 2 is 1.84 bits per heavy atom. The number of hydrogen-bond acceptors (Lipinski definition) is 1. The van der Waals surface area contributed by atoms with Gasteiger partial charge in [-0.05, 0) is 65.1 Å². The fourth-order valence-electron chi connectivity index (χ4n) is 2.86. The van der Waals surface area contributed by atoms with Crippen molar-refractivity contribution in [3.63, 3.8) is 0 Å². The minimum absolute atomic E-state index is 0.0269. The van der Waals surface area contributed by atoms with E-state index < -0.39 is 17.7 Å². The number of hydrogen-bond donors (Lipinski definition) is 1. The molecule has 0 aliphatic heterocycles. The fraction of sp³-hybridized carbons (Fsp3) is 0.600. The lowest BCUT2D eigenvalue weighted by Crippen LogP contribution is -2.30. The summed E-state index contributed by atoms with van der Waals surface area (Å²) in [4.78, 5) is 0. The van der Waals surface area contributed by atoms with Gasteiger partial charge in [-0.1, -0.05) is 13.8 Å². The SMILES string of the molecule is CC1(C)CCC(C(N)c2c(F)ccc(Br)c2F)CC1. The lowest BCUT2D eigenvalue weighted by Gasteiger charge is -2.37. The van der Waals surface area contributed by atoms with Crippen LogP contribution in [0.1, 0.15) is 51.1 Å². The number of nitrogens with two attached hydrogens (primary N) is 1. The summed E-state index contributed by atoms with van der Waals surface area (Å²) in [6.45, 7) is 4.46. The van der Waals surface area contributed by atoms with Crippen molar-refractivity contribution in [2.75, 3.05) is 0 Å². The van der Waals surface area contributed by atoms with Crippen LogP contribution in [-0.4, -0.2) is 0 Å². The van der Waals surface area contributed by atoms with Gasteiger partial charge in [0.2, 0.25) is 0 Å². The topological polar surface area (TPSA) is 26.0 Å². The largest absolute Gasteiger partial charge is 0.324 e. The zero-order valence-corrected chi connectivity index (χ0v) is 12.9. The number of benzene rings is 1. The van der Waals surface area contributed by atoms with Crippen LogP contribution in [0.15, 0.2) is 16.6 Å². The average Bonchev–Trinajstić information content (AvgIpc) is 2.34. The molecule has 1 aromatic rings. The van der Waals surface area contributed by atoms with Crippen LogP contribution in [0.4, 0.5) is 8.78 Å². The van der Waals surface area contributed by atoms with E-state index in [4.69, 9.17) is 5.73 Å². The van der Waals surface area contributed by atoms with Crippen molar-refractivity contribution in [2.45, 2.75) is 45.6 Å². The van der Waals surface area contributed by atoms with Crippen molar-refractivity contribution >= 4 is 15.9 Å². The molecule has 0 aromatic heterocycles. The van der Waals surface area contributed by atoms with Gasteiger partial charge in [-0.25, -0.2) is 8.78 Å². The summed E-state index contributed by atoms with van der Waals surface area (Å²) in [5.74, 6) is -0.943. The molecule has 1 nitrogen and oxygen atoms in total. The second-order valence-corrected chi connectivity index (χ2v) is 7.14. The second kappa shape index (κ2) is 5.49. The highest BCUT2D eigenvalue weighted by Gasteiger charge is 2.33. The first kappa shape index (κ1) is 14.9.